The predicted octanol–water partition coefficient (Wildman–Crippen LogP) is 5.19. The normalized spacial score (nSPS) is 11.1. The van der Waals surface area contributed by atoms with Crippen molar-refractivity contribution >= 4 is 38.6 Å². The number of nitrogens with one attached hydrogen (secondary N) is 2. The molecule has 0 atom stereocenters. The van der Waals surface area contributed by atoms with Crippen LogP contribution in [0.1, 0.15) is 12.6 Å². The third-order valence-corrected chi connectivity index (χ3v) is 7.08. The Morgan fingerprint density at radius 1 is 0.971 bits per heavy atom. The third kappa shape index (κ3) is 5.81. The van der Waals surface area contributed by atoms with Crippen LogP contribution in [0.4, 0.5) is 11.4 Å². The minimum atomic E-state index is -3.72. The van der Waals surface area contributed by atoms with Crippen LogP contribution < -0.4 is 14.8 Å². The zero-order chi connectivity index (χ0) is 24.0. The number of anilines is 2. The van der Waals surface area contributed by atoms with Gasteiger partial charge in [-0.25, -0.2) is 13.4 Å². The van der Waals surface area contributed by atoms with E-state index in [1.807, 2.05) is 36.6 Å². The first-order chi connectivity index (χ1) is 16.4. The van der Waals surface area contributed by atoms with Crippen molar-refractivity contribution in [1.82, 2.24) is 4.98 Å². The van der Waals surface area contributed by atoms with Crippen LogP contribution >= 0.6 is 11.3 Å². The zero-order valence-corrected chi connectivity index (χ0v) is 20.0. The molecule has 1 aromatic heterocycles. The highest BCUT2D eigenvalue weighted by Gasteiger charge is 2.15. The van der Waals surface area contributed by atoms with E-state index in [0.717, 1.165) is 16.3 Å². The quantitative estimate of drug-likeness (QED) is 0.334. The summed E-state index contributed by atoms with van der Waals surface area (Å²) < 4.78 is 33.3. The van der Waals surface area contributed by atoms with Gasteiger partial charge in [0.1, 0.15) is 10.8 Å². The molecule has 9 heteroatoms. The summed E-state index contributed by atoms with van der Waals surface area (Å²) in [6.45, 7) is 2.48. The third-order valence-electron chi connectivity index (χ3n) is 4.76. The number of ether oxygens (including phenoxy) is 1. The van der Waals surface area contributed by atoms with Crippen LogP contribution in [0.15, 0.2) is 89.1 Å². The lowest BCUT2D eigenvalue weighted by molar-refractivity contribution is -0.115. The molecule has 0 aliphatic heterocycles. The van der Waals surface area contributed by atoms with Crippen LogP contribution in [0.25, 0.3) is 10.6 Å². The maximum Gasteiger partial charge on any atom is 0.261 e. The largest absolute Gasteiger partial charge is 0.493 e. The summed E-state index contributed by atoms with van der Waals surface area (Å²) >= 11 is 1.45. The van der Waals surface area contributed by atoms with Crippen molar-refractivity contribution in [2.24, 2.45) is 0 Å². The first-order valence-corrected chi connectivity index (χ1v) is 13.0. The molecule has 1 amide bonds. The second-order valence-electron chi connectivity index (χ2n) is 7.30. The van der Waals surface area contributed by atoms with Gasteiger partial charge in [0.15, 0.2) is 0 Å². The predicted molar refractivity (Wildman–Crippen MR) is 135 cm³/mol. The molecule has 4 aromatic rings. The molecule has 174 valence electrons. The molecule has 0 aliphatic carbocycles. The summed E-state index contributed by atoms with van der Waals surface area (Å²) in [6, 6.07) is 22.3. The van der Waals surface area contributed by atoms with E-state index < -0.39 is 10.0 Å². The molecular formula is C25H23N3O4S2. The maximum absolute atomic E-state index is 12.6. The first-order valence-electron chi connectivity index (χ1n) is 10.6. The molecule has 4 rings (SSSR count). The van der Waals surface area contributed by atoms with Gasteiger partial charge in [0, 0.05) is 11.1 Å². The summed E-state index contributed by atoms with van der Waals surface area (Å²) in [4.78, 5) is 17.4. The van der Waals surface area contributed by atoms with E-state index in [-0.39, 0.29) is 17.2 Å². The molecule has 0 spiro atoms. The van der Waals surface area contributed by atoms with Crippen molar-refractivity contribution < 1.29 is 17.9 Å². The monoisotopic (exact) mass is 493 g/mol. The lowest BCUT2D eigenvalue weighted by Crippen LogP contribution is -2.16. The molecule has 0 saturated carbocycles. The molecule has 0 saturated heterocycles. The minimum absolute atomic E-state index is 0.0905. The van der Waals surface area contributed by atoms with Gasteiger partial charge in [-0.3, -0.25) is 9.52 Å². The Balaban J connectivity index is 1.42. The first kappa shape index (κ1) is 23.5. The van der Waals surface area contributed by atoms with Gasteiger partial charge in [-0.05, 0) is 49.4 Å². The number of amides is 1. The van der Waals surface area contributed by atoms with Gasteiger partial charge in [-0.15, -0.1) is 11.3 Å². The molecule has 34 heavy (non-hydrogen) atoms. The van der Waals surface area contributed by atoms with Crippen LogP contribution in [0, 0.1) is 0 Å². The van der Waals surface area contributed by atoms with Crippen molar-refractivity contribution in [3.63, 3.8) is 0 Å². The summed E-state index contributed by atoms with van der Waals surface area (Å²) in [5.74, 6) is 0.503. The van der Waals surface area contributed by atoms with Crippen LogP contribution in [0.5, 0.6) is 5.75 Å². The standard InChI is InChI=1S/C25H23N3O4S2/c1-2-32-23-14-7-6-13-22(23)25-27-20(17-33-25)16-24(29)26-18-9-8-10-19(15-18)28-34(30,31)21-11-4-3-5-12-21/h3-15,17,28H,2,16H2,1H3,(H,26,29). The van der Waals surface area contributed by atoms with E-state index in [0.29, 0.717) is 23.7 Å². The number of thiazole rings is 1. The van der Waals surface area contributed by atoms with Gasteiger partial charge in [0.2, 0.25) is 5.91 Å². The zero-order valence-electron chi connectivity index (χ0n) is 18.4. The van der Waals surface area contributed by atoms with Gasteiger partial charge in [0.05, 0.1) is 34.9 Å². The minimum Gasteiger partial charge on any atom is -0.493 e. The average molecular weight is 494 g/mol. The summed E-state index contributed by atoms with van der Waals surface area (Å²) in [7, 11) is -3.72. The number of hydrogen-bond acceptors (Lipinski definition) is 6. The van der Waals surface area contributed by atoms with Crippen LogP contribution in [0.3, 0.4) is 0 Å². The molecule has 7 nitrogen and oxygen atoms in total. The van der Waals surface area contributed by atoms with Gasteiger partial charge in [-0.2, -0.15) is 0 Å². The maximum atomic E-state index is 12.6. The fraction of sp³-hybridized carbons (Fsp3) is 0.120. The number of carbonyl (C=O) groups is 1. The number of aromatic nitrogens is 1. The highest BCUT2D eigenvalue weighted by molar-refractivity contribution is 7.92. The lowest BCUT2D eigenvalue weighted by Gasteiger charge is -2.10. The molecule has 0 radical (unpaired) electrons. The van der Waals surface area contributed by atoms with Crippen LogP contribution in [-0.2, 0) is 21.2 Å². The van der Waals surface area contributed by atoms with Crippen molar-refractivity contribution in [2.45, 2.75) is 18.2 Å². The number of sulfonamides is 1. The van der Waals surface area contributed by atoms with E-state index in [1.165, 1.54) is 23.5 Å². The van der Waals surface area contributed by atoms with Gasteiger partial charge in [0.25, 0.3) is 10.0 Å². The molecule has 3 aromatic carbocycles. The Kier molecular flexibility index (Phi) is 7.24. The van der Waals surface area contributed by atoms with Gasteiger partial charge >= 0.3 is 0 Å². The van der Waals surface area contributed by atoms with Crippen LogP contribution in [0.2, 0.25) is 0 Å². The molecule has 0 fully saturated rings. The Morgan fingerprint density at radius 3 is 2.50 bits per heavy atom. The Morgan fingerprint density at radius 2 is 1.71 bits per heavy atom. The molecule has 2 N–H and O–H groups in total. The lowest BCUT2D eigenvalue weighted by atomic mass is 10.2. The number of rotatable bonds is 9. The van der Waals surface area contributed by atoms with Gasteiger partial charge in [-0.1, -0.05) is 36.4 Å². The Bertz CT molecular complexity index is 1390. The van der Waals surface area contributed by atoms with E-state index in [9.17, 15) is 13.2 Å². The number of carbonyl (C=O) groups excluding carboxylic acids is 1. The van der Waals surface area contributed by atoms with Crippen molar-refractivity contribution in [3.8, 4) is 16.3 Å². The summed E-state index contributed by atoms with van der Waals surface area (Å²) in [5, 5.41) is 5.43. The second-order valence-corrected chi connectivity index (χ2v) is 9.84. The highest BCUT2D eigenvalue weighted by Crippen LogP contribution is 2.32. The Hall–Kier alpha value is -3.69. The average Bonchev–Trinajstić information content (AvgIpc) is 3.28. The van der Waals surface area contributed by atoms with Crippen molar-refractivity contribution in [3.05, 3.63) is 89.9 Å². The number of benzene rings is 3. The number of para-hydroxylation sites is 1. The van der Waals surface area contributed by atoms with E-state index in [1.54, 1.807) is 42.5 Å². The van der Waals surface area contributed by atoms with E-state index in [4.69, 9.17) is 4.74 Å². The number of nitrogens with zero attached hydrogens (tertiary/aromatic N) is 1. The highest BCUT2D eigenvalue weighted by atomic mass is 32.2. The van der Waals surface area contributed by atoms with E-state index >= 15 is 0 Å². The SMILES string of the molecule is CCOc1ccccc1-c1nc(CC(=O)Nc2cccc(NS(=O)(=O)c3ccccc3)c2)cs1. The Labute approximate surface area is 202 Å². The van der Waals surface area contributed by atoms with Crippen molar-refractivity contribution in [2.75, 3.05) is 16.6 Å². The summed E-state index contributed by atoms with van der Waals surface area (Å²) in [6.07, 6.45) is 0.0905. The van der Waals surface area contributed by atoms with Gasteiger partial charge < -0.3 is 10.1 Å². The van der Waals surface area contributed by atoms with E-state index in [2.05, 4.69) is 15.0 Å². The molecule has 0 aliphatic rings. The fourth-order valence-electron chi connectivity index (χ4n) is 3.28. The topological polar surface area (TPSA) is 97.4 Å². The summed E-state index contributed by atoms with van der Waals surface area (Å²) in [5.41, 5.74) is 2.37. The smallest absolute Gasteiger partial charge is 0.261 e. The molecular weight excluding hydrogens is 470 g/mol. The molecule has 0 unspecified atom stereocenters. The molecule has 0 bridgehead atoms. The number of hydrogen-bond donors (Lipinski definition) is 2. The molecule has 1 heterocycles. The second kappa shape index (κ2) is 10.5. The van der Waals surface area contributed by atoms with Crippen LogP contribution in [-0.4, -0.2) is 25.9 Å². The fourth-order valence-corrected chi connectivity index (χ4v) is 5.20. The van der Waals surface area contributed by atoms with Crippen molar-refractivity contribution in [1.29, 1.82) is 0 Å².